The van der Waals surface area contributed by atoms with E-state index in [9.17, 15) is 0 Å². The molecule has 3 aromatic heterocycles. The van der Waals surface area contributed by atoms with Gasteiger partial charge in [-0.25, -0.2) is 9.97 Å². The SMILES string of the molecule is CN1CCN(c2ccc(Nc3ncc4cc5n(c4n3)C3(C=CC5)CCCCC3)nc2)CC1. The van der Waals surface area contributed by atoms with E-state index in [0.29, 0.717) is 5.95 Å². The van der Waals surface area contributed by atoms with E-state index < -0.39 is 0 Å². The quantitative estimate of drug-likeness (QED) is 0.633. The number of nitrogens with zero attached hydrogens (tertiary/aromatic N) is 6. The van der Waals surface area contributed by atoms with Gasteiger partial charge in [0.1, 0.15) is 11.5 Å². The normalized spacial score (nSPS) is 20.6. The van der Waals surface area contributed by atoms with E-state index in [1.165, 1.54) is 43.5 Å². The topological polar surface area (TPSA) is 62.1 Å². The molecule has 1 N–H and O–H groups in total. The summed E-state index contributed by atoms with van der Waals surface area (Å²) in [6, 6.07) is 6.43. The van der Waals surface area contributed by atoms with Crippen LogP contribution in [-0.4, -0.2) is 57.6 Å². The monoisotopic (exact) mass is 429 g/mol. The van der Waals surface area contributed by atoms with E-state index in [4.69, 9.17) is 4.98 Å². The maximum Gasteiger partial charge on any atom is 0.230 e. The van der Waals surface area contributed by atoms with Crippen LogP contribution in [-0.2, 0) is 12.0 Å². The Morgan fingerprint density at radius 3 is 2.59 bits per heavy atom. The van der Waals surface area contributed by atoms with E-state index >= 15 is 0 Å². The predicted octanol–water partition coefficient (Wildman–Crippen LogP) is 4.09. The van der Waals surface area contributed by atoms with Crippen LogP contribution >= 0.6 is 0 Å². The van der Waals surface area contributed by atoms with Gasteiger partial charge in [0.25, 0.3) is 0 Å². The molecule has 0 aromatic carbocycles. The van der Waals surface area contributed by atoms with Crippen LogP contribution in [0.15, 0.2) is 42.7 Å². The third-order valence-electron chi connectivity index (χ3n) is 7.39. The minimum atomic E-state index is 0.0849. The fourth-order valence-corrected chi connectivity index (χ4v) is 5.60. The molecule has 7 nitrogen and oxygen atoms in total. The fourth-order valence-electron chi connectivity index (χ4n) is 5.60. The molecule has 1 aliphatic carbocycles. The van der Waals surface area contributed by atoms with Gasteiger partial charge in [0, 0.05) is 49.9 Å². The van der Waals surface area contributed by atoms with E-state index in [2.05, 4.69) is 61.0 Å². The molecule has 0 bridgehead atoms. The van der Waals surface area contributed by atoms with Crippen LogP contribution in [0.1, 0.15) is 37.8 Å². The molecule has 7 heteroatoms. The second kappa shape index (κ2) is 7.89. The van der Waals surface area contributed by atoms with Gasteiger partial charge in [-0.05, 0) is 38.1 Å². The zero-order valence-electron chi connectivity index (χ0n) is 18.8. The summed E-state index contributed by atoms with van der Waals surface area (Å²) < 4.78 is 2.50. The molecule has 1 spiro atoms. The maximum absolute atomic E-state index is 4.96. The Bertz CT molecular complexity index is 1130. The fraction of sp³-hybridized carbons (Fsp3) is 0.480. The number of aromatic nitrogens is 4. The number of allylic oxidation sites excluding steroid dienone is 2. The van der Waals surface area contributed by atoms with Crippen LogP contribution in [0.4, 0.5) is 17.5 Å². The van der Waals surface area contributed by atoms with Crippen molar-refractivity contribution in [1.29, 1.82) is 0 Å². The summed E-state index contributed by atoms with van der Waals surface area (Å²) in [4.78, 5) is 18.9. The first-order valence-electron chi connectivity index (χ1n) is 11.9. The largest absolute Gasteiger partial charge is 0.368 e. The van der Waals surface area contributed by atoms with Crippen molar-refractivity contribution in [2.75, 3.05) is 43.4 Å². The van der Waals surface area contributed by atoms with E-state index in [0.717, 1.165) is 49.5 Å². The Hall–Kier alpha value is -2.93. The summed E-state index contributed by atoms with van der Waals surface area (Å²) in [7, 11) is 2.17. The Labute approximate surface area is 189 Å². The molecule has 1 saturated heterocycles. The standard InChI is InChI=1S/C25H31N7/c1-30-12-14-31(15-13-30)21-7-8-22(26-18-21)28-24-27-17-19-16-20-6-5-11-25(9-3-2-4-10-25)32(20)23(19)29-24/h5,7-8,11,16-18H,2-4,6,9-10,12-15H2,1H3,(H,26,27,28,29). The number of likely N-dealkylation sites (N-methyl/N-ethyl adjacent to an activating group) is 1. The molecule has 0 radical (unpaired) electrons. The molecule has 0 unspecified atom stereocenters. The number of rotatable bonds is 3. The molecular formula is C25H31N7. The van der Waals surface area contributed by atoms with Crippen molar-refractivity contribution in [1.82, 2.24) is 24.4 Å². The first-order chi connectivity index (χ1) is 15.7. The molecular weight excluding hydrogens is 398 g/mol. The predicted molar refractivity (Wildman–Crippen MR) is 129 cm³/mol. The lowest BCUT2D eigenvalue weighted by Gasteiger charge is -2.40. The summed E-state index contributed by atoms with van der Waals surface area (Å²) in [5.74, 6) is 1.39. The van der Waals surface area contributed by atoms with Crippen LogP contribution in [0.2, 0.25) is 0 Å². The molecule has 2 aliphatic heterocycles. The van der Waals surface area contributed by atoms with E-state index in [1.54, 1.807) is 0 Å². The van der Waals surface area contributed by atoms with Gasteiger partial charge in [-0.2, -0.15) is 4.98 Å². The van der Waals surface area contributed by atoms with Gasteiger partial charge in [0.2, 0.25) is 5.95 Å². The molecule has 3 aliphatic rings. The average molecular weight is 430 g/mol. The first kappa shape index (κ1) is 19.7. The highest BCUT2D eigenvalue weighted by Gasteiger charge is 2.36. The van der Waals surface area contributed by atoms with Gasteiger partial charge in [-0.15, -0.1) is 0 Å². The summed E-state index contributed by atoms with van der Waals surface area (Å²) in [6.07, 6.45) is 15.9. The third kappa shape index (κ3) is 3.45. The Morgan fingerprint density at radius 2 is 1.81 bits per heavy atom. The molecule has 2 fully saturated rings. The van der Waals surface area contributed by atoms with Crippen molar-refractivity contribution in [3.05, 3.63) is 48.4 Å². The number of hydrogen-bond acceptors (Lipinski definition) is 6. The zero-order chi connectivity index (χ0) is 21.5. The Kier molecular flexibility index (Phi) is 4.86. The second-order valence-corrected chi connectivity index (χ2v) is 9.53. The summed E-state index contributed by atoms with van der Waals surface area (Å²) in [5.41, 5.74) is 3.65. The molecule has 1 saturated carbocycles. The molecule has 0 atom stereocenters. The minimum Gasteiger partial charge on any atom is -0.368 e. The van der Waals surface area contributed by atoms with Crippen LogP contribution in [0.25, 0.3) is 11.0 Å². The lowest BCUT2D eigenvalue weighted by atomic mass is 9.79. The average Bonchev–Trinajstić information content (AvgIpc) is 3.20. The van der Waals surface area contributed by atoms with Gasteiger partial charge in [0.15, 0.2) is 0 Å². The summed E-state index contributed by atoms with van der Waals surface area (Å²) in [5, 5.41) is 4.45. The van der Waals surface area contributed by atoms with Crippen LogP contribution < -0.4 is 10.2 Å². The molecule has 5 heterocycles. The maximum atomic E-state index is 4.96. The highest BCUT2D eigenvalue weighted by atomic mass is 15.3. The Balaban J connectivity index is 1.27. The highest BCUT2D eigenvalue weighted by molar-refractivity contribution is 5.79. The second-order valence-electron chi connectivity index (χ2n) is 9.53. The number of fused-ring (bicyclic) bond motifs is 4. The molecule has 3 aromatic rings. The summed E-state index contributed by atoms with van der Waals surface area (Å²) >= 11 is 0. The number of hydrogen-bond donors (Lipinski definition) is 1. The molecule has 166 valence electrons. The van der Waals surface area contributed by atoms with Crippen LogP contribution in [0.5, 0.6) is 0 Å². The van der Waals surface area contributed by atoms with Gasteiger partial charge in [-0.1, -0.05) is 31.4 Å². The summed E-state index contributed by atoms with van der Waals surface area (Å²) in [6.45, 7) is 4.26. The molecule has 0 amide bonds. The van der Waals surface area contributed by atoms with Gasteiger partial charge < -0.3 is 19.7 Å². The van der Waals surface area contributed by atoms with Crippen molar-refractivity contribution in [3.8, 4) is 0 Å². The smallest absolute Gasteiger partial charge is 0.230 e. The first-order valence-corrected chi connectivity index (χ1v) is 11.9. The number of piperazine rings is 1. The van der Waals surface area contributed by atoms with Crippen molar-refractivity contribution < 1.29 is 0 Å². The number of anilines is 3. The van der Waals surface area contributed by atoms with Crippen molar-refractivity contribution in [2.24, 2.45) is 0 Å². The van der Waals surface area contributed by atoms with Crippen molar-refractivity contribution in [2.45, 2.75) is 44.1 Å². The third-order valence-corrected chi connectivity index (χ3v) is 7.39. The minimum absolute atomic E-state index is 0.0849. The molecule has 32 heavy (non-hydrogen) atoms. The van der Waals surface area contributed by atoms with Crippen LogP contribution in [0, 0.1) is 0 Å². The van der Waals surface area contributed by atoms with Crippen molar-refractivity contribution in [3.63, 3.8) is 0 Å². The van der Waals surface area contributed by atoms with Crippen LogP contribution in [0.3, 0.4) is 0 Å². The lowest BCUT2D eigenvalue weighted by Crippen LogP contribution is -2.44. The number of nitrogens with one attached hydrogen (secondary N) is 1. The van der Waals surface area contributed by atoms with Gasteiger partial charge in [-0.3, -0.25) is 0 Å². The highest BCUT2D eigenvalue weighted by Crippen LogP contribution is 2.42. The van der Waals surface area contributed by atoms with Gasteiger partial charge in [0.05, 0.1) is 17.4 Å². The van der Waals surface area contributed by atoms with Crippen molar-refractivity contribution >= 4 is 28.5 Å². The number of pyridine rings is 1. The van der Waals surface area contributed by atoms with Gasteiger partial charge >= 0.3 is 0 Å². The zero-order valence-corrected chi connectivity index (χ0v) is 18.8. The van der Waals surface area contributed by atoms with E-state index in [-0.39, 0.29) is 5.54 Å². The lowest BCUT2D eigenvalue weighted by molar-refractivity contribution is 0.253. The van der Waals surface area contributed by atoms with E-state index in [1.807, 2.05) is 18.5 Å². The molecule has 6 rings (SSSR count). The Morgan fingerprint density at radius 1 is 0.969 bits per heavy atom.